The molecule has 0 bridgehead atoms. The van der Waals surface area contributed by atoms with Gasteiger partial charge in [0.2, 0.25) is 5.60 Å². The third kappa shape index (κ3) is 3.62. The number of halogens is 3. The van der Waals surface area contributed by atoms with Crippen molar-refractivity contribution < 1.29 is 23.1 Å². The summed E-state index contributed by atoms with van der Waals surface area (Å²) in [7, 11) is 1.38. The second-order valence-electron chi connectivity index (χ2n) is 6.87. The van der Waals surface area contributed by atoms with Crippen molar-refractivity contribution in [1.29, 1.82) is 0 Å². The standard InChI is InChI=1S/C18H23F3N4O2S/c1-3-13-12-5-11-28-14(12)4-9-25(13)16(26)23-7-6-17(27,18(19,20)21)15-22-8-10-24(15)2/h5,8,10-11,13,27H,3-4,6-7,9H2,1-2H3,(H,23,26). The Morgan fingerprint density at radius 1 is 1.46 bits per heavy atom. The molecule has 2 aromatic rings. The molecule has 2 unspecified atom stereocenters. The predicted octanol–water partition coefficient (Wildman–Crippen LogP) is 3.34. The zero-order valence-electron chi connectivity index (χ0n) is 15.7. The lowest BCUT2D eigenvalue weighted by molar-refractivity contribution is -0.272. The molecule has 0 aromatic carbocycles. The maximum atomic E-state index is 13.5. The van der Waals surface area contributed by atoms with Crippen LogP contribution in [0.1, 0.15) is 42.1 Å². The molecular formula is C18H23F3N4O2S. The van der Waals surface area contributed by atoms with Crippen LogP contribution in [0.3, 0.4) is 0 Å². The van der Waals surface area contributed by atoms with Crippen LogP contribution in [0, 0.1) is 0 Å². The number of aryl methyl sites for hydroxylation is 1. The maximum absolute atomic E-state index is 13.5. The van der Waals surface area contributed by atoms with Gasteiger partial charge in [0, 0.05) is 43.8 Å². The van der Waals surface area contributed by atoms with Crippen LogP contribution in [0.25, 0.3) is 0 Å². The Morgan fingerprint density at radius 2 is 2.21 bits per heavy atom. The van der Waals surface area contributed by atoms with Gasteiger partial charge in [-0.25, -0.2) is 9.78 Å². The second kappa shape index (κ2) is 7.75. The van der Waals surface area contributed by atoms with Crippen LogP contribution in [-0.2, 0) is 19.1 Å². The monoisotopic (exact) mass is 416 g/mol. The topological polar surface area (TPSA) is 70.4 Å². The van der Waals surface area contributed by atoms with Crippen LogP contribution < -0.4 is 5.32 Å². The van der Waals surface area contributed by atoms with E-state index in [4.69, 9.17) is 0 Å². The van der Waals surface area contributed by atoms with Crippen molar-refractivity contribution in [1.82, 2.24) is 19.8 Å². The Hall–Kier alpha value is -2.07. The molecule has 10 heteroatoms. The van der Waals surface area contributed by atoms with Crippen LogP contribution in [-0.4, -0.2) is 44.9 Å². The molecule has 3 heterocycles. The largest absolute Gasteiger partial charge is 0.424 e. The number of imidazole rings is 1. The van der Waals surface area contributed by atoms with Gasteiger partial charge in [0.1, 0.15) is 5.82 Å². The van der Waals surface area contributed by atoms with Crippen molar-refractivity contribution in [3.05, 3.63) is 40.1 Å². The summed E-state index contributed by atoms with van der Waals surface area (Å²) in [6, 6.07) is 1.48. The number of rotatable bonds is 5. The number of nitrogens with zero attached hydrogens (tertiary/aromatic N) is 3. The number of alkyl halides is 3. The summed E-state index contributed by atoms with van der Waals surface area (Å²) in [5.74, 6) is -0.499. The Morgan fingerprint density at radius 3 is 2.82 bits per heavy atom. The first-order valence-corrected chi connectivity index (χ1v) is 9.94. The SMILES string of the molecule is CCC1c2ccsc2CCN1C(=O)NCCC(O)(c1nccn1C)C(F)(F)F. The summed E-state index contributed by atoms with van der Waals surface area (Å²) in [6.45, 7) is 2.16. The molecule has 1 aliphatic rings. The van der Waals surface area contributed by atoms with E-state index in [0.29, 0.717) is 6.54 Å². The highest BCUT2D eigenvalue weighted by atomic mass is 32.1. The van der Waals surface area contributed by atoms with Crippen molar-refractivity contribution in [3.8, 4) is 0 Å². The number of hydrogen-bond donors (Lipinski definition) is 2. The molecular weight excluding hydrogens is 393 g/mol. The van der Waals surface area contributed by atoms with Gasteiger partial charge in [-0.15, -0.1) is 11.3 Å². The Kier molecular flexibility index (Phi) is 5.72. The molecule has 0 aliphatic carbocycles. The van der Waals surface area contributed by atoms with E-state index in [1.807, 2.05) is 18.4 Å². The van der Waals surface area contributed by atoms with Gasteiger partial charge in [0.05, 0.1) is 6.04 Å². The molecule has 2 N–H and O–H groups in total. The van der Waals surface area contributed by atoms with Crippen molar-refractivity contribution in [2.75, 3.05) is 13.1 Å². The van der Waals surface area contributed by atoms with E-state index in [0.717, 1.165) is 23.0 Å². The highest BCUT2D eigenvalue weighted by molar-refractivity contribution is 7.10. The number of urea groups is 1. The minimum absolute atomic E-state index is 0.0916. The normalized spacial score (nSPS) is 19.2. The second-order valence-corrected chi connectivity index (χ2v) is 7.87. The minimum Gasteiger partial charge on any atom is -0.374 e. The average molecular weight is 416 g/mol. The van der Waals surface area contributed by atoms with Crippen molar-refractivity contribution in [3.63, 3.8) is 0 Å². The van der Waals surface area contributed by atoms with Crippen molar-refractivity contribution in [2.24, 2.45) is 7.05 Å². The van der Waals surface area contributed by atoms with Gasteiger partial charge in [-0.2, -0.15) is 13.2 Å². The Bertz CT molecular complexity index is 835. The number of carbonyl (C=O) groups is 1. The lowest BCUT2D eigenvalue weighted by Crippen LogP contribution is -2.49. The molecule has 0 saturated carbocycles. The number of nitrogens with one attached hydrogen (secondary N) is 1. The fraction of sp³-hybridized carbons (Fsp3) is 0.556. The molecule has 1 aliphatic heterocycles. The molecule has 6 nitrogen and oxygen atoms in total. The van der Waals surface area contributed by atoms with E-state index in [-0.39, 0.29) is 12.6 Å². The van der Waals surface area contributed by atoms with Gasteiger partial charge in [-0.3, -0.25) is 0 Å². The lowest BCUT2D eigenvalue weighted by atomic mass is 9.97. The fourth-order valence-corrected chi connectivity index (χ4v) is 4.60. The molecule has 0 fully saturated rings. The maximum Gasteiger partial charge on any atom is 0.424 e. The average Bonchev–Trinajstić information content (AvgIpc) is 3.28. The van der Waals surface area contributed by atoms with E-state index in [1.54, 1.807) is 16.2 Å². The molecule has 154 valence electrons. The van der Waals surface area contributed by atoms with E-state index >= 15 is 0 Å². The third-order valence-corrected chi connectivity index (χ3v) is 6.16. The van der Waals surface area contributed by atoms with Gasteiger partial charge in [-0.1, -0.05) is 6.92 Å². The van der Waals surface area contributed by atoms with Crippen LogP contribution >= 0.6 is 11.3 Å². The van der Waals surface area contributed by atoms with Crippen molar-refractivity contribution in [2.45, 2.75) is 44.0 Å². The molecule has 28 heavy (non-hydrogen) atoms. The quantitative estimate of drug-likeness (QED) is 0.786. The van der Waals surface area contributed by atoms with Crippen LogP contribution in [0.5, 0.6) is 0 Å². The zero-order valence-corrected chi connectivity index (χ0v) is 16.5. The smallest absolute Gasteiger partial charge is 0.374 e. The predicted molar refractivity (Wildman–Crippen MR) is 98.9 cm³/mol. The summed E-state index contributed by atoms with van der Waals surface area (Å²) < 4.78 is 41.8. The number of aliphatic hydroxyl groups is 1. The van der Waals surface area contributed by atoms with E-state index in [9.17, 15) is 23.1 Å². The number of thiophene rings is 1. The summed E-state index contributed by atoms with van der Waals surface area (Å²) in [4.78, 5) is 19.2. The molecule has 3 rings (SSSR count). The van der Waals surface area contributed by atoms with Gasteiger partial charge in [0.25, 0.3) is 0 Å². The van der Waals surface area contributed by atoms with Gasteiger partial charge < -0.3 is 19.9 Å². The summed E-state index contributed by atoms with van der Waals surface area (Å²) >= 11 is 1.66. The molecule has 0 radical (unpaired) electrons. The van der Waals surface area contributed by atoms with Crippen LogP contribution in [0.15, 0.2) is 23.8 Å². The summed E-state index contributed by atoms with van der Waals surface area (Å²) in [6.07, 6.45) is -1.65. The van der Waals surface area contributed by atoms with Crippen LogP contribution in [0.2, 0.25) is 0 Å². The minimum atomic E-state index is -4.92. The lowest BCUT2D eigenvalue weighted by Gasteiger charge is -2.36. The van der Waals surface area contributed by atoms with Crippen LogP contribution in [0.4, 0.5) is 18.0 Å². The van der Waals surface area contributed by atoms with Crippen molar-refractivity contribution >= 4 is 17.4 Å². The molecule has 2 aromatic heterocycles. The van der Waals surface area contributed by atoms with Gasteiger partial charge in [0.15, 0.2) is 0 Å². The van der Waals surface area contributed by atoms with E-state index < -0.39 is 30.1 Å². The molecule has 0 spiro atoms. The first-order chi connectivity index (χ1) is 13.2. The van der Waals surface area contributed by atoms with Gasteiger partial charge >= 0.3 is 12.2 Å². The summed E-state index contributed by atoms with van der Waals surface area (Å²) in [5, 5.41) is 14.9. The van der Waals surface area contributed by atoms with E-state index in [1.165, 1.54) is 24.3 Å². The number of aromatic nitrogens is 2. The molecule has 0 saturated heterocycles. The molecule has 2 atom stereocenters. The molecule has 2 amide bonds. The first kappa shape index (κ1) is 20.7. The fourth-order valence-electron chi connectivity index (χ4n) is 3.68. The first-order valence-electron chi connectivity index (χ1n) is 9.06. The third-order valence-electron chi connectivity index (χ3n) is 5.17. The highest BCUT2D eigenvalue weighted by Gasteiger charge is 2.57. The number of carbonyl (C=O) groups excluding carboxylic acids is 1. The summed E-state index contributed by atoms with van der Waals surface area (Å²) in [5.41, 5.74) is -2.03. The number of hydrogen-bond acceptors (Lipinski definition) is 4. The Balaban J connectivity index is 1.68. The Labute approximate surface area is 165 Å². The highest BCUT2D eigenvalue weighted by Crippen LogP contribution is 2.40. The zero-order chi connectivity index (χ0) is 20.5. The van der Waals surface area contributed by atoms with E-state index in [2.05, 4.69) is 10.3 Å². The number of amides is 2. The number of fused-ring (bicyclic) bond motifs is 1. The van der Waals surface area contributed by atoms with Gasteiger partial charge in [-0.05, 0) is 29.9 Å².